The number of ether oxygens (including phenoxy) is 2. The highest BCUT2D eigenvalue weighted by molar-refractivity contribution is 5.88. The van der Waals surface area contributed by atoms with Gasteiger partial charge in [-0.2, -0.15) is 0 Å². The van der Waals surface area contributed by atoms with Gasteiger partial charge in [0.05, 0.1) is 13.0 Å². The van der Waals surface area contributed by atoms with E-state index in [9.17, 15) is 4.79 Å². The van der Waals surface area contributed by atoms with Crippen molar-refractivity contribution >= 4 is 16.7 Å². The Morgan fingerprint density at radius 3 is 2.70 bits per heavy atom. The standard InChI is InChI=1S/C17H18O3/c1-19-16-10-9-12-5-2-3-8-14(12)15(16)11-20-17(18)13-6-4-7-13/h2-3,5,8-10,13H,4,6-7,11H2,1H3. The number of carbonyl (C=O) groups excluding carboxylic acids is 1. The number of carbonyl (C=O) groups is 1. The molecule has 0 amide bonds. The summed E-state index contributed by atoms with van der Waals surface area (Å²) in [6, 6.07) is 12.0. The number of benzene rings is 2. The number of fused-ring (bicyclic) bond motifs is 1. The fourth-order valence-electron chi connectivity index (χ4n) is 2.56. The molecule has 0 unspecified atom stereocenters. The summed E-state index contributed by atoms with van der Waals surface area (Å²) >= 11 is 0. The summed E-state index contributed by atoms with van der Waals surface area (Å²) < 4.78 is 10.9. The van der Waals surface area contributed by atoms with Gasteiger partial charge >= 0.3 is 5.97 Å². The summed E-state index contributed by atoms with van der Waals surface area (Å²) in [4.78, 5) is 11.9. The third-order valence-corrected chi connectivity index (χ3v) is 4.01. The first-order valence-corrected chi connectivity index (χ1v) is 7.01. The molecule has 20 heavy (non-hydrogen) atoms. The van der Waals surface area contributed by atoms with Crippen LogP contribution in [0.25, 0.3) is 10.8 Å². The van der Waals surface area contributed by atoms with Crippen LogP contribution >= 0.6 is 0 Å². The van der Waals surface area contributed by atoms with Crippen molar-refractivity contribution < 1.29 is 14.3 Å². The fourth-order valence-corrected chi connectivity index (χ4v) is 2.56. The Balaban J connectivity index is 1.86. The van der Waals surface area contributed by atoms with Crippen LogP contribution in [0, 0.1) is 5.92 Å². The van der Waals surface area contributed by atoms with Crippen LogP contribution in [0.3, 0.4) is 0 Å². The van der Waals surface area contributed by atoms with Crippen LogP contribution in [0.15, 0.2) is 36.4 Å². The average molecular weight is 270 g/mol. The van der Waals surface area contributed by atoms with Crippen LogP contribution in [-0.4, -0.2) is 13.1 Å². The Labute approximate surface area is 118 Å². The van der Waals surface area contributed by atoms with Crippen molar-refractivity contribution in [1.82, 2.24) is 0 Å². The molecular weight excluding hydrogens is 252 g/mol. The minimum absolute atomic E-state index is 0.0776. The van der Waals surface area contributed by atoms with Gasteiger partial charge in [-0.25, -0.2) is 0 Å². The molecule has 3 nitrogen and oxygen atoms in total. The molecule has 3 rings (SSSR count). The van der Waals surface area contributed by atoms with Crippen molar-refractivity contribution in [2.24, 2.45) is 5.92 Å². The zero-order valence-corrected chi connectivity index (χ0v) is 11.6. The zero-order chi connectivity index (χ0) is 13.9. The van der Waals surface area contributed by atoms with E-state index in [1.54, 1.807) is 7.11 Å². The number of rotatable bonds is 4. The third-order valence-electron chi connectivity index (χ3n) is 4.01. The van der Waals surface area contributed by atoms with Crippen LogP contribution in [0.4, 0.5) is 0 Å². The number of hydrogen-bond donors (Lipinski definition) is 0. The molecular formula is C17H18O3. The molecule has 0 heterocycles. The van der Waals surface area contributed by atoms with Crippen LogP contribution < -0.4 is 4.74 Å². The molecule has 2 aromatic rings. The second kappa shape index (κ2) is 5.53. The Bertz CT molecular complexity index is 629. The van der Waals surface area contributed by atoms with Crippen LogP contribution in [0.2, 0.25) is 0 Å². The molecule has 1 aliphatic carbocycles. The van der Waals surface area contributed by atoms with Crippen molar-refractivity contribution in [1.29, 1.82) is 0 Å². The van der Waals surface area contributed by atoms with Gasteiger partial charge < -0.3 is 9.47 Å². The first-order valence-electron chi connectivity index (χ1n) is 7.01. The predicted molar refractivity (Wildman–Crippen MR) is 77.6 cm³/mol. The lowest BCUT2D eigenvalue weighted by Gasteiger charge is -2.23. The van der Waals surface area contributed by atoms with Gasteiger partial charge in [-0.3, -0.25) is 4.79 Å². The summed E-state index contributed by atoms with van der Waals surface area (Å²) in [5.74, 6) is 0.798. The average Bonchev–Trinajstić information content (AvgIpc) is 2.42. The molecule has 0 atom stereocenters. The van der Waals surface area contributed by atoms with E-state index in [1.807, 2.05) is 36.4 Å². The molecule has 1 aliphatic rings. The molecule has 2 aromatic carbocycles. The molecule has 0 N–H and O–H groups in total. The molecule has 3 heteroatoms. The highest BCUT2D eigenvalue weighted by Crippen LogP contribution is 2.31. The SMILES string of the molecule is COc1ccc2ccccc2c1COC(=O)C1CCC1. The number of esters is 1. The van der Waals surface area contributed by atoms with E-state index in [0.717, 1.165) is 41.3 Å². The number of hydrogen-bond acceptors (Lipinski definition) is 3. The van der Waals surface area contributed by atoms with Gasteiger partial charge in [-0.05, 0) is 29.7 Å². The summed E-state index contributed by atoms with van der Waals surface area (Å²) in [5.41, 5.74) is 0.943. The van der Waals surface area contributed by atoms with E-state index in [-0.39, 0.29) is 18.5 Å². The zero-order valence-electron chi connectivity index (χ0n) is 11.6. The van der Waals surface area contributed by atoms with Crippen molar-refractivity contribution in [3.05, 3.63) is 42.0 Å². The molecule has 0 aliphatic heterocycles. The van der Waals surface area contributed by atoms with E-state index >= 15 is 0 Å². The van der Waals surface area contributed by atoms with Gasteiger partial charge in [0.15, 0.2) is 0 Å². The quantitative estimate of drug-likeness (QED) is 0.795. The van der Waals surface area contributed by atoms with Crippen molar-refractivity contribution in [2.45, 2.75) is 25.9 Å². The Morgan fingerprint density at radius 1 is 1.20 bits per heavy atom. The van der Waals surface area contributed by atoms with Gasteiger partial charge in [-0.15, -0.1) is 0 Å². The van der Waals surface area contributed by atoms with Gasteiger partial charge in [0.1, 0.15) is 12.4 Å². The molecule has 104 valence electrons. The summed E-state index contributed by atoms with van der Waals surface area (Å²) in [7, 11) is 1.64. The Morgan fingerprint density at radius 2 is 2.00 bits per heavy atom. The second-order valence-electron chi connectivity index (χ2n) is 5.20. The van der Waals surface area contributed by atoms with E-state index in [4.69, 9.17) is 9.47 Å². The normalized spacial score (nSPS) is 14.8. The molecule has 0 spiro atoms. The lowest BCUT2D eigenvalue weighted by Crippen LogP contribution is -2.24. The smallest absolute Gasteiger partial charge is 0.309 e. The van der Waals surface area contributed by atoms with E-state index in [0.29, 0.717) is 0 Å². The monoisotopic (exact) mass is 270 g/mol. The summed E-state index contributed by atoms with van der Waals surface area (Å²) in [5, 5.41) is 2.20. The predicted octanol–water partition coefficient (Wildman–Crippen LogP) is 3.69. The van der Waals surface area contributed by atoms with E-state index in [1.165, 1.54) is 0 Å². The maximum Gasteiger partial charge on any atom is 0.309 e. The molecule has 1 fully saturated rings. The Kier molecular flexibility index (Phi) is 3.59. The van der Waals surface area contributed by atoms with Crippen LogP contribution in [-0.2, 0) is 16.1 Å². The molecule has 0 bridgehead atoms. The highest BCUT2D eigenvalue weighted by atomic mass is 16.5. The van der Waals surface area contributed by atoms with Crippen molar-refractivity contribution in [2.75, 3.05) is 7.11 Å². The number of methoxy groups -OCH3 is 1. The molecule has 0 radical (unpaired) electrons. The second-order valence-corrected chi connectivity index (χ2v) is 5.20. The summed E-state index contributed by atoms with van der Waals surface area (Å²) in [6.45, 7) is 0.278. The highest BCUT2D eigenvalue weighted by Gasteiger charge is 2.27. The minimum atomic E-state index is -0.0776. The minimum Gasteiger partial charge on any atom is -0.496 e. The largest absolute Gasteiger partial charge is 0.496 e. The molecule has 0 saturated heterocycles. The van der Waals surface area contributed by atoms with E-state index < -0.39 is 0 Å². The van der Waals surface area contributed by atoms with Crippen LogP contribution in [0.5, 0.6) is 5.75 Å². The summed E-state index contributed by atoms with van der Waals surface area (Å²) in [6.07, 6.45) is 3.06. The van der Waals surface area contributed by atoms with Crippen molar-refractivity contribution in [3.63, 3.8) is 0 Å². The first kappa shape index (κ1) is 13.0. The lowest BCUT2D eigenvalue weighted by molar-refractivity contribution is -0.152. The van der Waals surface area contributed by atoms with Gasteiger partial charge in [-0.1, -0.05) is 36.8 Å². The Hall–Kier alpha value is -2.03. The van der Waals surface area contributed by atoms with Crippen molar-refractivity contribution in [3.8, 4) is 5.75 Å². The van der Waals surface area contributed by atoms with Gasteiger partial charge in [0.25, 0.3) is 0 Å². The lowest BCUT2D eigenvalue weighted by atomic mass is 9.86. The topological polar surface area (TPSA) is 35.5 Å². The van der Waals surface area contributed by atoms with Crippen LogP contribution in [0.1, 0.15) is 24.8 Å². The molecule has 0 aromatic heterocycles. The maximum absolute atomic E-state index is 11.9. The molecule has 1 saturated carbocycles. The van der Waals surface area contributed by atoms with Gasteiger partial charge in [0, 0.05) is 5.56 Å². The third kappa shape index (κ3) is 2.36. The van der Waals surface area contributed by atoms with E-state index in [2.05, 4.69) is 0 Å². The fraction of sp³-hybridized carbons (Fsp3) is 0.353. The first-order chi connectivity index (χ1) is 9.79. The maximum atomic E-state index is 11.9. The van der Waals surface area contributed by atoms with Gasteiger partial charge in [0.2, 0.25) is 0 Å².